The zero-order chi connectivity index (χ0) is 15.5. The van der Waals surface area contributed by atoms with Crippen molar-refractivity contribution < 1.29 is 22.6 Å². The molecule has 0 aliphatic heterocycles. The number of benzene rings is 2. The fourth-order valence-electron chi connectivity index (χ4n) is 1.67. The van der Waals surface area contributed by atoms with Gasteiger partial charge in [0.25, 0.3) is 0 Å². The zero-order valence-corrected chi connectivity index (χ0v) is 12.2. The van der Waals surface area contributed by atoms with Crippen molar-refractivity contribution in [1.29, 1.82) is 0 Å². The Labute approximate surface area is 127 Å². The molecule has 0 saturated heterocycles. The second-order valence-electron chi connectivity index (χ2n) is 4.04. The average Bonchev–Trinajstić information content (AvgIpc) is 2.40. The molecule has 2 aromatic carbocycles. The van der Waals surface area contributed by atoms with Crippen LogP contribution >= 0.6 is 15.9 Å². The minimum Gasteiger partial charge on any atom is -0.457 e. The van der Waals surface area contributed by atoms with Crippen LogP contribution in [0.25, 0.3) is 0 Å². The van der Waals surface area contributed by atoms with Crippen LogP contribution in [0.3, 0.4) is 0 Å². The maximum Gasteiger partial charge on any atom is 0.573 e. The van der Waals surface area contributed by atoms with Gasteiger partial charge in [0, 0.05) is 16.6 Å². The minimum absolute atomic E-state index is 0.270. The first kappa shape index (κ1) is 15.7. The summed E-state index contributed by atoms with van der Waals surface area (Å²) >= 11 is 3.36. The topological polar surface area (TPSA) is 44.5 Å². The van der Waals surface area contributed by atoms with Crippen LogP contribution in [-0.4, -0.2) is 6.36 Å². The molecule has 0 spiro atoms. The second kappa shape index (κ2) is 6.36. The third-order valence-electron chi connectivity index (χ3n) is 2.57. The lowest BCUT2D eigenvalue weighted by Gasteiger charge is -2.12. The molecule has 2 N–H and O–H groups in total. The first-order valence-electron chi connectivity index (χ1n) is 5.90. The second-order valence-corrected chi connectivity index (χ2v) is 4.90. The molecule has 0 heterocycles. The van der Waals surface area contributed by atoms with E-state index >= 15 is 0 Å². The van der Waals surface area contributed by atoms with E-state index in [0.717, 1.165) is 10.0 Å². The molecule has 0 saturated carbocycles. The Kier molecular flexibility index (Phi) is 4.74. The fraction of sp³-hybridized carbons (Fsp3) is 0.143. The number of rotatable bonds is 4. The molecule has 0 amide bonds. The summed E-state index contributed by atoms with van der Waals surface area (Å²) in [6, 6.07) is 10.5. The van der Waals surface area contributed by atoms with Crippen molar-refractivity contribution in [2.24, 2.45) is 5.73 Å². The van der Waals surface area contributed by atoms with Crippen LogP contribution in [0.2, 0.25) is 0 Å². The molecule has 0 aliphatic carbocycles. The smallest absolute Gasteiger partial charge is 0.457 e. The molecule has 0 aliphatic rings. The first-order chi connectivity index (χ1) is 9.89. The Morgan fingerprint density at radius 1 is 1.00 bits per heavy atom. The van der Waals surface area contributed by atoms with Gasteiger partial charge in [0.05, 0.1) is 0 Å². The molecular weight excluding hydrogens is 351 g/mol. The van der Waals surface area contributed by atoms with Crippen LogP contribution in [0.4, 0.5) is 13.2 Å². The largest absolute Gasteiger partial charge is 0.573 e. The molecule has 3 nitrogen and oxygen atoms in total. The number of hydrogen-bond donors (Lipinski definition) is 1. The van der Waals surface area contributed by atoms with Crippen molar-refractivity contribution in [3.8, 4) is 17.2 Å². The van der Waals surface area contributed by atoms with E-state index in [0.29, 0.717) is 11.5 Å². The summed E-state index contributed by atoms with van der Waals surface area (Å²) in [7, 11) is 0. The van der Waals surface area contributed by atoms with E-state index in [1.54, 1.807) is 12.1 Å². The Morgan fingerprint density at radius 3 is 2.19 bits per heavy atom. The van der Waals surface area contributed by atoms with Gasteiger partial charge in [-0.1, -0.05) is 22.0 Å². The number of hydrogen-bond acceptors (Lipinski definition) is 3. The van der Waals surface area contributed by atoms with Gasteiger partial charge in [-0.3, -0.25) is 0 Å². The molecule has 2 rings (SSSR count). The Balaban J connectivity index is 2.16. The highest BCUT2D eigenvalue weighted by atomic mass is 79.9. The van der Waals surface area contributed by atoms with Crippen LogP contribution in [0, 0.1) is 0 Å². The van der Waals surface area contributed by atoms with E-state index in [9.17, 15) is 13.2 Å². The molecule has 0 fully saturated rings. The van der Waals surface area contributed by atoms with Crippen molar-refractivity contribution in [3.63, 3.8) is 0 Å². The molecule has 0 aromatic heterocycles. The standard InChI is InChI=1S/C14H11BrF3NO2/c15-12-2-1-3-13(11(12)8-19)20-9-4-6-10(7-5-9)21-14(16,17)18/h1-7H,8,19H2. The molecule has 0 bridgehead atoms. The quantitative estimate of drug-likeness (QED) is 0.865. The Bertz CT molecular complexity index is 615. The number of nitrogens with two attached hydrogens (primary N) is 1. The van der Waals surface area contributed by atoms with Crippen molar-refractivity contribution in [3.05, 3.63) is 52.5 Å². The summed E-state index contributed by atoms with van der Waals surface area (Å²) in [5, 5.41) is 0. The van der Waals surface area contributed by atoms with Gasteiger partial charge in [0.15, 0.2) is 0 Å². The van der Waals surface area contributed by atoms with Crippen molar-refractivity contribution in [1.82, 2.24) is 0 Å². The molecule has 112 valence electrons. The predicted molar refractivity (Wildman–Crippen MR) is 75.2 cm³/mol. The lowest BCUT2D eigenvalue weighted by atomic mass is 10.2. The van der Waals surface area contributed by atoms with Crippen molar-refractivity contribution in [2.45, 2.75) is 12.9 Å². The summed E-state index contributed by atoms with van der Waals surface area (Å²) in [6.45, 7) is 0.270. The maximum absolute atomic E-state index is 12.1. The van der Waals surface area contributed by atoms with Crippen molar-refractivity contribution in [2.75, 3.05) is 0 Å². The highest BCUT2D eigenvalue weighted by molar-refractivity contribution is 9.10. The molecule has 7 heteroatoms. The summed E-state index contributed by atoms with van der Waals surface area (Å²) in [5.41, 5.74) is 6.42. The van der Waals surface area contributed by atoms with E-state index in [1.807, 2.05) is 6.07 Å². The summed E-state index contributed by atoms with van der Waals surface area (Å²) in [5.74, 6) is 0.622. The Hall–Kier alpha value is -1.73. The number of alkyl halides is 3. The molecule has 21 heavy (non-hydrogen) atoms. The van der Waals surface area contributed by atoms with E-state index < -0.39 is 6.36 Å². The lowest BCUT2D eigenvalue weighted by Crippen LogP contribution is -2.16. The zero-order valence-electron chi connectivity index (χ0n) is 10.7. The predicted octanol–water partition coefficient (Wildman–Crippen LogP) is 4.60. The Morgan fingerprint density at radius 2 is 1.62 bits per heavy atom. The van der Waals surface area contributed by atoms with Gasteiger partial charge in [-0.2, -0.15) is 0 Å². The van der Waals surface area contributed by atoms with Gasteiger partial charge < -0.3 is 15.2 Å². The van der Waals surface area contributed by atoms with E-state index in [4.69, 9.17) is 10.5 Å². The van der Waals surface area contributed by atoms with Gasteiger partial charge in [-0.15, -0.1) is 13.2 Å². The van der Waals surface area contributed by atoms with Gasteiger partial charge in [0.1, 0.15) is 17.2 Å². The van der Waals surface area contributed by atoms with E-state index in [1.165, 1.54) is 24.3 Å². The van der Waals surface area contributed by atoms with E-state index in [2.05, 4.69) is 20.7 Å². The number of ether oxygens (including phenoxy) is 2. The van der Waals surface area contributed by atoms with Gasteiger partial charge in [-0.25, -0.2) is 0 Å². The molecule has 2 aromatic rings. The van der Waals surface area contributed by atoms with Crippen LogP contribution in [0.15, 0.2) is 46.9 Å². The lowest BCUT2D eigenvalue weighted by molar-refractivity contribution is -0.274. The first-order valence-corrected chi connectivity index (χ1v) is 6.69. The third-order valence-corrected chi connectivity index (χ3v) is 3.31. The fourth-order valence-corrected chi connectivity index (χ4v) is 2.18. The monoisotopic (exact) mass is 361 g/mol. The van der Waals surface area contributed by atoms with Gasteiger partial charge in [0.2, 0.25) is 0 Å². The van der Waals surface area contributed by atoms with Crippen LogP contribution in [0.5, 0.6) is 17.2 Å². The van der Waals surface area contributed by atoms with E-state index in [-0.39, 0.29) is 12.3 Å². The summed E-state index contributed by atoms with van der Waals surface area (Å²) in [6.07, 6.45) is -4.71. The van der Waals surface area contributed by atoms with Crippen LogP contribution in [0.1, 0.15) is 5.56 Å². The average molecular weight is 362 g/mol. The third kappa shape index (κ3) is 4.37. The normalized spacial score (nSPS) is 11.3. The number of halogens is 4. The molecule has 0 radical (unpaired) electrons. The van der Waals surface area contributed by atoms with Crippen LogP contribution < -0.4 is 15.2 Å². The van der Waals surface area contributed by atoms with Gasteiger partial charge >= 0.3 is 6.36 Å². The van der Waals surface area contributed by atoms with Crippen LogP contribution in [-0.2, 0) is 6.54 Å². The summed E-state index contributed by atoms with van der Waals surface area (Å²) in [4.78, 5) is 0. The summed E-state index contributed by atoms with van der Waals surface area (Å²) < 4.78 is 46.4. The molecule has 0 unspecified atom stereocenters. The molecular formula is C14H11BrF3NO2. The highest BCUT2D eigenvalue weighted by Crippen LogP contribution is 2.31. The molecule has 0 atom stereocenters. The highest BCUT2D eigenvalue weighted by Gasteiger charge is 2.30. The minimum atomic E-state index is -4.71. The van der Waals surface area contributed by atoms with Gasteiger partial charge in [-0.05, 0) is 36.4 Å². The van der Waals surface area contributed by atoms with Crippen molar-refractivity contribution >= 4 is 15.9 Å². The maximum atomic E-state index is 12.1. The SMILES string of the molecule is NCc1c(Br)cccc1Oc1ccc(OC(F)(F)F)cc1.